The lowest BCUT2D eigenvalue weighted by Gasteiger charge is -2.21. The zero-order chi connectivity index (χ0) is 14.0. The van der Waals surface area contributed by atoms with Gasteiger partial charge in [0.1, 0.15) is 17.3 Å². The lowest BCUT2D eigenvalue weighted by atomic mass is 10.3. The Morgan fingerprint density at radius 2 is 2.00 bits per heavy atom. The smallest absolute Gasteiger partial charge is 0.242 e. The number of likely N-dealkylation sites (N-methyl/N-ethyl adjacent to an activating group) is 1. The number of benzene rings is 1. The Hall–Kier alpha value is -1.17. The summed E-state index contributed by atoms with van der Waals surface area (Å²) in [7, 11) is 0. The molecule has 1 aromatic carbocycles. The summed E-state index contributed by atoms with van der Waals surface area (Å²) in [6, 6.07) is 2.63. The number of anilines is 1. The fraction of sp³-hybridized carbons (Fsp3) is 0.462. The molecule has 0 heterocycles. The van der Waals surface area contributed by atoms with Crippen molar-refractivity contribution >= 4 is 27.5 Å². The molecule has 1 saturated carbocycles. The minimum Gasteiger partial charge on any atom is -0.371 e. The van der Waals surface area contributed by atoms with E-state index in [1.54, 1.807) is 4.90 Å². The SMILES string of the molecule is CCN(C(=O)CNc1c(F)cc(Br)cc1F)C1CC1. The topological polar surface area (TPSA) is 32.3 Å². The molecular formula is C13H15BrF2N2O. The Morgan fingerprint density at radius 1 is 1.42 bits per heavy atom. The Labute approximate surface area is 119 Å². The second kappa shape index (κ2) is 5.86. The molecular weight excluding hydrogens is 318 g/mol. The first-order valence-electron chi connectivity index (χ1n) is 6.20. The Balaban J connectivity index is 2.00. The zero-order valence-electron chi connectivity index (χ0n) is 10.5. The predicted octanol–water partition coefficient (Wildman–Crippen LogP) is 3.15. The average Bonchev–Trinajstić information content (AvgIpc) is 3.13. The third-order valence-corrected chi connectivity index (χ3v) is 3.53. The second-order valence-corrected chi connectivity index (χ2v) is 5.42. The van der Waals surface area contributed by atoms with Crippen molar-refractivity contribution < 1.29 is 13.6 Å². The minimum atomic E-state index is -0.714. The lowest BCUT2D eigenvalue weighted by Crippen LogP contribution is -2.37. The largest absolute Gasteiger partial charge is 0.371 e. The number of hydrogen-bond acceptors (Lipinski definition) is 2. The van der Waals surface area contributed by atoms with Crippen molar-refractivity contribution in [3.63, 3.8) is 0 Å². The highest BCUT2D eigenvalue weighted by Crippen LogP contribution is 2.27. The van der Waals surface area contributed by atoms with Crippen LogP contribution in [0.1, 0.15) is 19.8 Å². The molecule has 1 fully saturated rings. The Bertz CT molecular complexity index is 469. The molecule has 6 heteroatoms. The van der Waals surface area contributed by atoms with E-state index in [0.717, 1.165) is 25.0 Å². The first-order valence-corrected chi connectivity index (χ1v) is 7.00. The van der Waals surface area contributed by atoms with Gasteiger partial charge < -0.3 is 10.2 Å². The van der Waals surface area contributed by atoms with Crippen molar-refractivity contribution in [1.29, 1.82) is 0 Å². The summed E-state index contributed by atoms with van der Waals surface area (Å²) in [5.74, 6) is -1.56. The van der Waals surface area contributed by atoms with Crippen LogP contribution in [0.15, 0.2) is 16.6 Å². The quantitative estimate of drug-likeness (QED) is 0.898. The zero-order valence-corrected chi connectivity index (χ0v) is 12.1. The van der Waals surface area contributed by atoms with Gasteiger partial charge in [0.05, 0.1) is 6.54 Å². The van der Waals surface area contributed by atoms with E-state index in [-0.39, 0.29) is 18.1 Å². The van der Waals surface area contributed by atoms with Gasteiger partial charge in [-0.15, -0.1) is 0 Å². The lowest BCUT2D eigenvalue weighted by molar-refractivity contribution is -0.129. The maximum Gasteiger partial charge on any atom is 0.242 e. The van der Waals surface area contributed by atoms with Gasteiger partial charge in [0.25, 0.3) is 0 Å². The molecule has 104 valence electrons. The third kappa shape index (κ3) is 3.43. The van der Waals surface area contributed by atoms with Crippen LogP contribution in [-0.2, 0) is 4.79 Å². The highest BCUT2D eigenvalue weighted by atomic mass is 79.9. The highest BCUT2D eigenvalue weighted by molar-refractivity contribution is 9.10. The van der Waals surface area contributed by atoms with Gasteiger partial charge in [-0.05, 0) is 31.9 Å². The molecule has 1 aromatic rings. The Kier molecular flexibility index (Phi) is 4.39. The van der Waals surface area contributed by atoms with E-state index < -0.39 is 11.6 Å². The summed E-state index contributed by atoms with van der Waals surface area (Å²) >= 11 is 3.01. The van der Waals surface area contributed by atoms with Crippen molar-refractivity contribution in [3.8, 4) is 0 Å². The molecule has 0 unspecified atom stereocenters. The summed E-state index contributed by atoms with van der Waals surface area (Å²) in [4.78, 5) is 13.7. The number of carbonyl (C=O) groups is 1. The van der Waals surface area contributed by atoms with Crippen molar-refractivity contribution in [2.45, 2.75) is 25.8 Å². The summed E-state index contributed by atoms with van der Waals surface area (Å²) in [5, 5.41) is 2.54. The van der Waals surface area contributed by atoms with Crippen LogP contribution in [0.5, 0.6) is 0 Å². The van der Waals surface area contributed by atoms with Crippen LogP contribution in [-0.4, -0.2) is 29.9 Å². The van der Waals surface area contributed by atoms with Gasteiger partial charge in [0.15, 0.2) is 0 Å². The highest BCUT2D eigenvalue weighted by Gasteiger charge is 2.31. The average molecular weight is 333 g/mol. The standard InChI is InChI=1S/C13H15BrF2N2O/c1-2-18(9-3-4-9)12(19)7-17-13-10(15)5-8(14)6-11(13)16/h5-6,9,17H,2-4,7H2,1H3. The van der Waals surface area contributed by atoms with E-state index in [1.807, 2.05) is 6.92 Å². The van der Waals surface area contributed by atoms with Crippen LogP contribution < -0.4 is 5.32 Å². The number of carbonyl (C=O) groups excluding carboxylic acids is 1. The fourth-order valence-corrected chi connectivity index (χ4v) is 2.40. The van der Waals surface area contributed by atoms with Crippen LogP contribution in [0.4, 0.5) is 14.5 Å². The maximum absolute atomic E-state index is 13.6. The molecule has 0 bridgehead atoms. The first-order chi connectivity index (χ1) is 9.02. The molecule has 19 heavy (non-hydrogen) atoms. The number of nitrogens with one attached hydrogen (secondary N) is 1. The van der Waals surface area contributed by atoms with E-state index in [1.165, 1.54) is 0 Å². The molecule has 0 atom stereocenters. The third-order valence-electron chi connectivity index (χ3n) is 3.07. The number of amides is 1. The van der Waals surface area contributed by atoms with Gasteiger partial charge in [-0.25, -0.2) is 8.78 Å². The van der Waals surface area contributed by atoms with E-state index in [9.17, 15) is 13.6 Å². The van der Waals surface area contributed by atoms with E-state index in [4.69, 9.17) is 0 Å². The molecule has 0 aliphatic heterocycles. The monoisotopic (exact) mass is 332 g/mol. The molecule has 1 aliphatic rings. The van der Waals surface area contributed by atoms with Gasteiger partial charge in [0.2, 0.25) is 5.91 Å². The molecule has 1 N–H and O–H groups in total. The van der Waals surface area contributed by atoms with Gasteiger partial charge in [-0.3, -0.25) is 4.79 Å². The summed E-state index contributed by atoms with van der Waals surface area (Å²) in [6.45, 7) is 2.42. The van der Waals surface area contributed by atoms with E-state index in [2.05, 4.69) is 21.2 Å². The van der Waals surface area contributed by atoms with Crippen LogP contribution in [0.2, 0.25) is 0 Å². The number of hydrogen-bond donors (Lipinski definition) is 1. The van der Waals surface area contributed by atoms with Crippen LogP contribution >= 0.6 is 15.9 Å². The van der Waals surface area contributed by atoms with Gasteiger partial charge >= 0.3 is 0 Å². The maximum atomic E-state index is 13.6. The number of halogens is 3. The molecule has 0 aromatic heterocycles. The van der Waals surface area contributed by atoms with Gasteiger partial charge in [-0.1, -0.05) is 15.9 Å². The molecule has 3 nitrogen and oxygen atoms in total. The van der Waals surface area contributed by atoms with Gasteiger partial charge in [0, 0.05) is 17.1 Å². The van der Waals surface area contributed by atoms with Crippen molar-refractivity contribution in [2.24, 2.45) is 0 Å². The van der Waals surface area contributed by atoms with Crippen LogP contribution in [0, 0.1) is 11.6 Å². The number of nitrogens with zero attached hydrogens (tertiary/aromatic N) is 1. The second-order valence-electron chi connectivity index (χ2n) is 4.51. The summed E-state index contributed by atoms with van der Waals surface area (Å²) in [5.41, 5.74) is -0.261. The molecule has 0 spiro atoms. The fourth-order valence-electron chi connectivity index (χ4n) is 2.00. The summed E-state index contributed by atoms with van der Waals surface area (Å²) in [6.07, 6.45) is 2.03. The minimum absolute atomic E-state index is 0.0974. The first kappa shape index (κ1) is 14.2. The number of rotatable bonds is 5. The molecule has 2 rings (SSSR count). The van der Waals surface area contributed by atoms with Crippen molar-refractivity contribution in [3.05, 3.63) is 28.2 Å². The van der Waals surface area contributed by atoms with E-state index >= 15 is 0 Å². The van der Waals surface area contributed by atoms with Crippen molar-refractivity contribution in [2.75, 3.05) is 18.4 Å². The molecule has 1 aliphatic carbocycles. The Morgan fingerprint density at radius 3 is 2.47 bits per heavy atom. The van der Waals surface area contributed by atoms with Crippen LogP contribution in [0.3, 0.4) is 0 Å². The normalized spacial score (nSPS) is 14.3. The molecule has 1 amide bonds. The van der Waals surface area contributed by atoms with Gasteiger partial charge in [-0.2, -0.15) is 0 Å². The molecule has 0 radical (unpaired) electrons. The van der Waals surface area contributed by atoms with E-state index in [0.29, 0.717) is 17.1 Å². The summed E-state index contributed by atoms with van der Waals surface area (Å²) < 4.78 is 27.4. The van der Waals surface area contributed by atoms with Crippen molar-refractivity contribution in [1.82, 2.24) is 4.90 Å². The molecule has 0 saturated heterocycles. The van der Waals surface area contributed by atoms with Crippen LogP contribution in [0.25, 0.3) is 0 Å². The predicted molar refractivity (Wildman–Crippen MR) is 73.0 cm³/mol.